The average Bonchev–Trinajstić information content (AvgIpc) is 3.38. The molecule has 0 saturated carbocycles. The van der Waals surface area contributed by atoms with E-state index in [2.05, 4.69) is 89.5 Å². The van der Waals surface area contributed by atoms with Crippen molar-refractivity contribution in [3.05, 3.63) is 95.6 Å². The molecule has 0 N–H and O–H groups in total. The zero-order valence-electron chi connectivity index (χ0n) is 21.1. The molecule has 0 unspecified atom stereocenters. The fraction of sp³-hybridized carbons (Fsp3) is 0.419. The predicted octanol–water partition coefficient (Wildman–Crippen LogP) is 5.96. The van der Waals surface area contributed by atoms with Gasteiger partial charge in [0.1, 0.15) is 11.5 Å². The van der Waals surface area contributed by atoms with Crippen LogP contribution < -0.4 is 9.47 Å². The van der Waals surface area contributed by atoms with Crippen molar-refractivity contribution in [1.29, 1.82) is 0 Å². The van der Waals surface area contributed by atoms with Gasteiger partial charge in [-0.05, 0) is 49.1 Å². The highest BCUT2D eigenvalue weighted by Gasteiger charge is 2.42. The Morgan fingerprint density at radius 2 is 1.54 bits per heavy atom. The Morgan fingerprint density at radius 1 is 0.857 bits per heavy atom. The van der Waals surface area contributed by atoms with Crippen LogP contribution in [0.15, 0.2) is 78.9 Å². The molecule has 2 saturated heterocycles. The van der Waals surface area contributed by atoms with E-state index >= 15 is 0 Å². The van der Waals surface area contributed by atoms with Gasteiger partial charge >= 0.3 is 0 Å². The molecule has 35 heavy (non-hydrogen) atoms. The van der Waals surface area contributed by atoms with Gasteiger partial charge in [0, 0.05) is 37.6 Å². The fourth-order valence-corrected chi connectivity index (χ4v) is 6.08. The molecular weight excluding hydrogens is 432 g/mol. The lowest BCUT2D eigenvalue weighted by Gasteiger charge is -2.47. The zero-order valence-corrected chi connectivity index (χ0v) is 21.1. The van der Waals surface area contributed by atoms with Crippen LogP contribution >= 0.6 is 0 Å². The predicted molar refractivity (Wildman–Crippen MR) is 142 cm³/mol. The van der Waals surface area contributed by atoms with Crippen molar-refractivity contribution in [2.45, 2.75) is 50.7 Å². The molecular formula is C31H38N2O2. The molecule has 0 spiro atoms. The molecule has 2 aliphatic heterocycles. The van der Waals surface area contributed by atoms with E-state index in [1.54, 1.807) is 7.11 Å². The molecule has 184 valence electrons. The minimum Gasteiger partial charge on any atom is -0.496 e. The van der Waals surface area contributed by atoms with Crippen molar-refractivity contribution in [2.75, 3.05) is 33.4 Å². The first-order valence-electron chi connectivity index (χ1n) is 13.1. The summed E-state index contributed by atoms with van der Waals surface area (Å²) in [6.07, 6.45) is 3.55. The van der Waals surface area contributed by atoms with Gasteiger partial charge < -0.3 is 9.47 Å². The summed E-state index contributed by atoms with van der Waals surface area (Å²) in [4.78, 5) is 5.45. The van der Waals surface area contributed by atoms with E-state index in [1.165, 1.54) is 36.1 Å². The van der Waals surface area contributed by atoms with Crippen molar-refractivity contribution in [1.82, 2.24) is 9.80 Å². The van der Waals surface area contributed by atoms with E-state index in [9.17, 15) is 0 Å². The van der Waals surface area contributed by atoms with E-state index in [0.717, 1.165) is 44.2 Å². The molecule has 3 aromatic carbocycles. The van der Waals surface area contributed by atoms with Crippen molar-refractivity contribution in [3.8, 4) is 11.5 Å². The van der Waals surface area contributed by atoms with E-state index in [1.807, 2.05) is 6.07 Å². The van der Waals surface area contributed by atoms with Crippen molar-refractivity contribution >= 4 is 0 Å². The maximum atomic E-state index is 6.15. The van der Waals surface area contributed by atoms with Crippen molar-refractivity contribution in [2.24, 2.45) is 0 Å². The third-order valence-electron chi connectivity index (χ3n) is 7.62. The SMILES string of the molecule is CCCOc1cccc(OC)c1CN1C[C@@H]2CCCN2[C@H](C(c2ccccc2)c2ccccc2)C1. The zero-order chi connectivity index (χ0) is 24.0. The highest BCUT2D eigenvalue weighted by molar-refractivity contribution is 5.45. The average molecular weight is 471 g/mol. The van der Waals surface area contributed by atoms with E-state index in [0.29, 0.717) is 18.0 Å². The van der Waals surface area contributed by atoms with Crippen LogP contribution in [0, 0.1) is 0 Å². The minimum absolute atomic E-state index is 0.342. The first-order valence-corrected chi connectivity index (χ1v) is 13.1. The Kier molecular flexibility index (Phi) is 7.70. The van der Waals surface area contributed by atoms with Gasteiger partial charge in [-0.25, -0.2) is 0 Å². The molecule has 4 heteroatoms. The molecule has 5 rings (SSSR count). The Bertz CT molecular complexity index is 1030. The number of ether oxygens (including phenoxy) is 2. The van der Waals surface area contributed by atoms with Crippen LogP contribution in [-0.4, -0.2) is 55.2 Å². The second-order valence-corrected chi connectivity index (χ2v) is 9.88. The molecule has 0 bridgehead atoms. The monoisotopic (exact) mass is 470 g/mol. The summed E-state index contributed by atoms with van der Waals surface area (Å²) in [7, 11) is 1.76. The molecule has 0 aliphatic carbocycles. The van der Waals surface area contributed by atoms with Crippen LogP contribution in [0.25, 0.3) is 0 Å². The highest BCUT2D eigenvalue weighted by atomic mass is 16.5. The maximum absolute atomic E-state index is 6.15. The number of nitrogens with zero attached hydrogens (tertiary/aromatic N) is 2. The summed E-state index contributed by atoms with van der Waals surface area (Å²) in [6, 6.07) is 29.4. The molecule has 2 heterocycles. The summed E-state index contributed by atoms with van der Waals surface area (Å²) in [5.74, 6) is 2.22. The lowest BCUT2D eigenvalue weighted by Crippen LogP contribution is -2.57. The summed E-state index contributed by atoms with van der Waals surface area (Å²) >= 11 is 0. The van der Waals surface area contributed by atoms with Gasteiger partial charge in [-0.15, -0.1) is 0 Å². The molecule has 2 aliphatic rings. The van der Waals surface area contributed by atoms with Crippen LogP contribution in [0.3, 0.4) is 0 Å². The number of piperazine rings is 1. The number of hydrogen-bond acceptors (Lipinski definition) is 4. The number of methoxy groups -OCH3 is 1. The fourth-order valence-electron chi connectivity index (χ4n) is 6.08. The smallest absolute Gasteiger partial charge is 0.127 e. The normalized spacial score (nSPS) is 20.7. The van der Waals surface area contributed by atoms with Gasteiger partial charge in [0.25, 0.3) is 0 Å². The van der Waals surface area contributed by atoms with E-state index < -0.39 is 0 Å². The van der Waals surface area contributed by atoms with E-state index in [-0.39, 0.29) is 0 Å². The van der Waals surface area contributed by atoms with Gasteiger partial charge in [0.2, 0.25) is 0 Å². The first-order chi connectivity index (χ1) is 17.3. The summed E-state index contributed by atoms with van der Waals surface area (Å²) < 4.78 is 11.9. The van der Waals surface area contributed by atoms with Crippen molar-refractivity contribution in [3.63, 3.8) is 0 Å². The summed E-state index contributed by atoms with van der Waals surface area (Å²) in [5.41, 5.74) is 3.98. The molecule has 2 atom stereocenters. The third-order valence-corrected chi connectivity index (χ3v) is 7.62. The Balaban J connectivity index is 1.48. The Labute approximate surface area is 210 Å². The largest absolute Gasteiger partial charge is 0.496 e. The molecule has 3 aromatic rings. The van der Waals surface area contributed by atoms with Gasteiger partial charge in [-0.1, -0.05) is 73.7 Å². The van der Waals surface area contributed by atoms with Crippen LogP contribution in [0.5, 0.6) is 11.5 Å². The number of benzene rings is 3. The van der Waals surface area contributed by atoms with Crippen LogP contribution in [-0.2, 0) is 6.54 Å². The second kappa shape index (κ2) is 11.3. The summed E-state index contributed by atoms with van der Waals surface area (Å²) in [5, 5.41) is 0. The van der Waals surface area contributed by atoms with Crippen LogP contribution in [0.4, 0.5) is 0 Å². The lowest BCUT2D eigenvalue weighted by molar-refractivity contribution is 0.0376. The Morgan fingerprint density at radius 3 is 2.20 bits per heavy atom. The van der Waals surface area contributed by atoms with Crippen LogP contribution in [0.2, 0.25) is 0 Å². The number of hydrogen-bond donors (Lipinski definition) is 0. The Hall–Kier alpha value is -2.82. The second-order valence-electron chi connectivity index (χ2n) is 9.88. The van der Waals surface area contributed by atoms with Gasteiger partial charge in [-0.2, -0.15) is 0 Å². The summed E-state index contributed by atoms with van der Waals surface area (Å²) in [6.45, 7) is 7.04. The minimum atomic E-state index is 0.342. The molecule has 0 radical (unpaired) electrons. The lowest BCUT2D eigenvalue weighted by atomic mass is 9.82. The highest BCUT2D eigenvalue weighted by Crippen LogP contribution is 2.39. The number of fused-ring (bicyclic) bond motifs is 1. The van der Waals surface area contributed by atoms with E-state index in [4.69, 9.17) is 9.47 Å². The third kappa shape index (κ3) is 5.24. The number of rotatable bonds is 9. The maximum Gasteiger partial charge on any atom is 0.127 e. The first kappa shape index (κ1) is 23.9. The molecule has 0 aromatic heterocycles. The topological polar surface area (TPSA) is 24.9 Å². The van der Waals surface area contributed by atoms with Gasteiger partial charge in [-0.3, -0.25) is 9.80 Å². The van der Waals surface area contributed by atoms with Crippen LogP contribution in [0.1, 0.15) is 48.8 Å². The van der Waals surface area contributed by atoms with Gasteiger partial charge in [0.05, 0.1) is 19.3 Å². The van der Waals surface area contributed by atoms with Gasteiger partial charge in [0.15, 0.2) is 0 Å². The standard InChI is InChI=1S/C31H38N2O2/c1-3-20-35-30-18-10-17-29(34-2)27(30)22-32-21-26-16-11-19-33(26)28(23-32)31(24-12-6-4-7-13-24)25-14-8-5-9-15-25/h4-10,12-15,17-18,26,28,31H,3,11,16,19-23H2,1-2H3/t26-,28-/m0/s1. The molecule has 0 amide bonds. The molecule has 4 nitrogen and oxygen atoms in total. The quantitative estimate of drug-likeness (QED) is 0.385. The van der Waals surface area contributed by atoms with Crippen molar-refractivity contribution < 1.29 is 9.47 Å². The molecule has 2 fully saturated rings.